The number of carbonyl (C=O) groups is 4. The fourth-order valence-electron chi connectivity index (χ4n) is 8.04. The number of esters is 1. The second kappa shape index (κ2) is 16.2. The van der Waals surface area contributed by atoms with Gasteiger partial charge in [0, 0.05) is 33.2 Å². The van der Waals surface area contributed by atoms with Crippen LogP contribution in [0.15, 0.2) is 79.9 Å². The van der Waals surface area contributed by atoms with E-state index in [1.807, 2.05) is 42.5 Å². The highest BCUT2D eigenvalue weighted by atomic mass is 16.6. The Bertz CT molecular complexity index is 1780. The molecule has 3 saturated heterocycles. The zero-order valence-electron chi connectivity index (χ0n) is 29.3. The van der Waals surface area contributed by atoms with Crippen LogP contribution in [-0.2, 0) is 40.1 Å². The molecular weight excluding hydrogens is 668 g/mol. The molecule has 276 valence electrons. The third-order valence-electron chi connectivity index (χ3n) is 10.3. The number of nitrogens with zero attached hydrogens (tertiary/aromatic N) is 5. The number of amides is 3. The molecule has 2 bridgehead atoms. The molecule has 3 amide bonds. The van der Waals surface area contributed by atoms with Crippen LogP contribution in [0.1, 0.15) is 43.8 Å². The summed E-state index contributed by atoms with van der Waals surface area (Å²) in [4.78, 5) is 59.5. The van der Waals surface area contributed by atoms with E-state index in [4.69, 9.17) is 14.2 Å². The maximum absolute atomic E-state index is 14.7. The van der Waals surface area contributed by atoms with Crippen LogP contribution in [0.5, 0.6) is 0 Å². The highest BCUT2D eigenvalue weighted by Crippen LogP contribution is 2.59. The summed E-state index contributed by atoms with van der Waals surface area (Å²) in [6.45, 7) is 7.68. The van der Waals surface area contributed by atoms with Crippen molar-refractivity contribution in [1.82, 2.24) is 30.1 Å². The molecule has 0 unspecified atom stereocenters. The largest absolute Gasteiger partial charge is 0.455 e. The average molecular weight is 715 g/mol. The molecule has 7 atom stereocenters. The zero-order chi connectivity index (χ0) is 36.8. The lowest BCUT2D eigenvalue weighted by atomic mass is 9.70. The number of hydrogen-bond donors (Lipinski definition) is 2. The minimum Gasteiger partial charge on any atom is -0.455 e. The molecule has 4 heterocycles. The van der Waals surface area contributed by atoms with Crippen molar-refractivity contribution in [2.75, 3.05) is 33.4 Å². The molecule has 3 aromatic rings. The first kappa shape index (κ1) is 36.9. The second-order valence-electron chi connectivity index (χ2n) is 13.5. The number of aromatic nitrogens is 3. The maximum Gasteiger partial charge on any atom is 0.313 e. The molecule has 0 aliphatic carbocycles. The lowest BCUT2D eigenvalue weighted by molar-refractivity contribution is -0.163. The van der Waals surface area contributed by atoms with Crippen molar-refractivity contribution in [1.29, 1.82) is 0 Å². The number of benzene rings is 2. The van der Waals surface area contributed by atoms with E-state index < -0.39 is 53.6 Å². The highest BCUT2D eigenvalue weighted by molar-refractivity contribution is 5.98. The molecule has 14 heteroatoms. The van der Waals surface area contributed by atoms with Gasteiger partial charge in [-0.05, 0) is 43.4 Å². The number of para-hydroxylation sites is 1. The van der Waals surface area contributed by atoms with E-state index >= 15 is 0 Å². The lowest BCUT2D eigenvalue weighted by Gasteiger charge is -2.36. The number of likely N-dealkylation sites (tertiary alicyclic amines) is 1. The number of rotatable bonds is 18. The van der Waals surface area contributed by atoms with Crippen molar-refractivity contribution >= 4 is 34.7 Å². The zero-order valence-corrected chi connectivity index (χ0v) is 29.3. The molecule has 14 nitrogen and oxygen atoms in total. The number of methoxy groups -OCH3 is 1. The average Bonchev–Trinajstić information content (AvgIpc) is 3.91. The predicted octanol–water partition coefficient (Wildman–Crippen LogP) is 2.54. The number of nitrogens with one attached hydrogen (secondary N) is 1. The van der Waals surface area contributed by atoms with E-state index in [1.54, 1.807) is 33.9 Å². The first-order valence-electron chi connectivity index (χ1n) is 17.7. The molecule has 3 aliphatic heterocycles. The van der Waals surface area contributed by atoms with Gasteiger partial charge < -0.3 is 34.4 Å². The summed E-state index contributed by atoms with van der Waals surface area (Å²) in [5, 5.41) is 21.2. The number of aliphatic hydroxyl groups is 1. The van der Waals surface area contributed by atoms with Crippen molar-refractivity contribution in [2.45, 2.75) is 68.7 Å². The Hall–Kier alpha value is -4.92. The van der Waals surface area contributed by atoms with Crippen LogP contribution in [0, 0.1) is 11.8 Å². The third kappa shape index (κ3) is 6.97. The van der Waals surface area contributed by atoms with Crippen molar-refractivity contribution in [3.8, 4) is 0 Å². The number of carbonyl (C=O) groups excluding carboxylic acids is 4. The SMILES string of the molecule is C=CCCC(=O)N[C@@H](COC)[C@@H](OC(=O)[C@@H]1[C@H]2C(=O)N(CCCO)[C@H](C(=O)N(CC=C)Cn3nnc4ccccc43)[C@]23CC[C@H]1O3)c1ccccc1. The van der Waals surface area contributed by atoms with Crippen LogP contribution in [-0.4, -0.2) is 111 Å². The Kier molecular flexibility index (Phi) is 11.5. The van der Waals surface area contributed by atoms with Crippen LogP contribution in [0.4, 0.5) is 0 Å². The number of hydrogen-bond acceptors (Lipinski definition) is 10. The van der Waals surface area contributed by atoms with Gasteiger partial charge in [-0.2, -0.15) is 0 Å². The minimum absolute atomic E-state index is 0.0394. The molecular formula is C38H46N6O8. The third-order valence-corrected chi connectivity index (χ3v) is 10.3. The number of fused-ring (bicyclic) bond motifs is 2. The minimum atomic E-state index is -1.30. The highest BCUT2D eigenvalue weighted by Gasteiger charge is 2.75. The van der Waals surface area contributed by atoms with Crippen molar-refractivity contribution in [2.24, 2.45) is 11.8 Å². The van der Waals surface area contributed by atoms with Crippen LogP contribution in [0.2, 0.25) is 0 Å². The van der Waals surface area contributed by atoms with Crippen LogP contribution >= 0.6 is 0 Å². The molecule has 3 aliphatic rings. The fraction of sp³-hybridized carbons (Fsp3) is 0.474. The van der Waals surface area contributed by atoms with E-state index in [2.05, 4.69) is 28.8 Å². The van der Waals surface area contributed by atoms with Crippen molar-refractivity contribution in [3.05, 3.63) is 85.5 Å². The molecule has 2 aromatic carbocycles. The summed E-state index contributed by atoms with van der Waals surface area (Å²) in [5.74, 6) is -3.70. The van der Waals surface area contributed by atoms with Gasteiger partial charge in [-0.25, -0.2) is 4.68 Å². The molecule has 0 saturated carbocycles. The lowest BCUT2D eigenvalue weighted by Crippen LogP contribution is -2.56. The van der Waals surface area contributed by atoms with Gasteiger partial charge in [0.2, 0.25) is 17.7 Å². The summed E-state index contributed by atoms with van der Waals surface area (Å²) >= 11 is 0. The summed E-state index contributed by atoms with van der Waals surface area (Å²) in [5.41, 5.74) is 0.744. The number of allylic oxidation sites excluding steroid dienone is 1. The molecule has 2 N–H and O–H groups in total. The van der Waals surface area contributed by atoms with Crippen LogP contribution < -0.4 is 5.32 Å². The van der Waals surface area contributed by atoms with Crippen LogP contribution in [0.3, 0.4) is 0 Å². The van der Waals surface area contributed by atoms with E-state index in [0.717, 1.165) is 5.52 Å². The van der Waals surface area contributed by atoms with E-state index in [9.17, 15) is 24.3 Å². The summed E-state index contributed by atoms with van der Waals surface area (Å²) in [6, 6.07) is 14.6. The van der Waals surface area contributed by atoms with Gasteiger partial charge >= 0.3 is 5.97 Å². The first-order chi connectivity index (χ1) is 25.3. The summed E-state index contributed by atoms with van der Waals surface area (Å²) in [7, 11) is 1.50. The van der Waals surface area contributed by atoms with Crippen molar-refractivity contribution < 1.29 is 38.5 Å². The quantitative estimate of drug-likeness (QED) is 0.148. The Balaban J connectivity index is 1.31. The smallest absolute Gasteiger partial charge is 0.313 e. The van der Waals surface area contributed by atoms with E-state index in [-0.39, 0.29) is 57.6 Å². The molecule has 1 aromatic heterocycles. The first-order valence-corrected chi connectivity index (χ1v) is 17.7. The monoisotopic (exact) mass is 714 g/mol. The van der Waals surface area contributed by atoms with Gasteiger partial charge in [0.15, 0.2) is 0 Å². The number of aliphatic hydroxyl groups excluding tert-OH is 1. The Morgan fingerprint density at radius 2 is 1.92 bits per heavy atom. The standard InChI is InChI=1S/C38H46N6O8/c1-4-6-17-30(46)39-27(23-50-3)33(25-13-8-7-9-14-25)51-37(49)31-29-18-19-38(52-29)32(31)35(47)43(21-12-22-45)34(38)36(48)42(20-5-2)24-44-28-16-11-10-15-26(28)40-41-44/h4-5,7-11,13-16,27,29,31-34,45H,1-2,6,12,17-24H2,3H3,(H,39,46)/t27-,29+,31-,32-,33-,34+,38-/m0/s1. The fourth-order valence-corrected chi connectivity index (χ4v) is 8.04. The van der Waals surface area contributed by atoms with Crippen LogP contribution in [0.25, 0.3) is 11.0 Å². The van der Waals surface area contributed by atoms with Gasteiger partial charge in [0.05, 0.1) is 36.1 Å². The van der Waals surface area contributed by atoms with Gasteiger partial charge in [-0.15, -0.1) is 18.3 Å². The predicted molar refractivity (Wildman–Crippen MR) is 189 cm³/mol. The molecule has 3 fully saturated rings. The molecule has 52 heavy (non-hydrogen) atoms. The Morgan fingerprint density at radius 1 is 1.15 bits per heavy atom. The van der Waals surface area contributed by atoms with Gasteiger partial charge in [-0.1, -0.05) is 59.8 Å². The van der Waals surface area contributed by atoms with Gasteiger partial charge in [0.25, 0.3) is 0 Å². The summed E-state index contributed by atoms with van der Waals surface area (Å²) < 4.78 is 20.0. The summed E-state index contributed by atoms with van der Waals surface area (Å²) in [6.07, 6.45) is 3.36. The van der Waals surface area contributed by atoms with E-state index in [1.165, 1.54) is 12.0 Å². The Labute approximate surface area is 302 Å². The topological polar surface area (TPSA) is 165 Å². The second-order valence-corrected chi connectivity index (χ2v) is 13.5. The molecule has 1 spiro atoms. The van der Waals surface area contributed by atoms with E-state index in [0.29, 0.717) is 30.3 Å². The normalized spacial score (nSPS) is 24.3. The number of ether oxygens (including phenoxy) is 3. The van der Waals surface area contributed by atoms with Gasteiger partial charge in [0.1, 0.15) is 29.9 Å². The Morgan fingerprint density at radius 3 is 2.65 bits per heavy atom. The molecule has 0 radical (unpaired) electrons. The van der Waals surface area contributed by atoms with Gasteiger partial charge in [-0.3, -0.25) is 19.2 Å². The maximum atomic E-state index is 14.7. The van der Waals surface area contributed by atoms with Crippen molar-refractivity contribution in [3.63, 3.8) is 0 Å². The molecule has 6 rings (SSSR count).